The van der Waals surface area contributed by atoms with Gasteiger partial charge in [0.1, 0.15) is 0 Å². The van der Waals surface area contributed by atoms with E-state index in [1.54, 1.807) is 30.6 Å². The first kappa shape index (κ1) is 15.1. The third-order valence-electron chi connectivity index (χ3n) is 3.76. The van der Waals surface area contributed by atoms with Crippen molar-refractivity contribution in [2.24, 2.45) is 0 Å². The Labute approximate surface area is 139 Å². The highest BCUT2D eigenvalue weighted by atomic mass is 35.5. The van der Waals surface area contributed by atoms with Gasteiger partial charge in [0.05, 0.1) is 10.0 Å². The molecule has 3 rings (SSSR count). The van der Waals surface area contributed by atoms with Crippen LogP contribution in [0.25, 0.3) is 0 Å². The number of rotatable bonds is 2. The van der Waals surface area contributed by atoms with Crippen LogP contribution in [0.15, 0.2) is 42.7 Å². The fraction of sp³-hybridized carbons (Fsp3) is 0.250. The predicted octanol–water partition coefficient (Wildman–Crippen LogP) is 3.35. The van der Waals surface area contributed by atoms with Gasteiger partial charge in [-0.15, -0.1) is 0 Å². The molecular weight excluding hydrogens is 321 g/mol. The van der Waals surface area contributed by atoms with Crippen molar-refractivity contribution in [1.29, 1.82) is 0 Å². The Morgan fingerprint density at radius 2 is 1.64 bits per heavy atom. The number of benzene rings is 1. The topological polar surface area (TPSA) is 36.4 Å². The van der Waals surface area contributed by atoms with Crippen molar-refractivity contribution in [2.75, 3.05) is 31.1 Å². The molecule has 0 saturated carbocycles. The number of piperazine rings is 1. The molecule has 1 aliphatic heterocycles. The standard InChI is InChI=1S/C16H15Cl2N3O/c17-14-2-1-13(11-15(14)18)20-7-9-21(10-8-20)16(22)12-3-5-19-6-4-12/h1-6,11H,7-10H2. The van der Waals surface area contributed by atoms with E-state index in [0.717, 1.165) is 18.8 Å². The number of hydrogen-bond donors (Lipinski definition) is 0. The molecule has 6 heteroatoms. The summed E-state index contributed by atoms with van der Waals surface area (Å²) in [6, 6.07) is 9.11. The van der Waals surface area contributed by atoms with Crippen molar-refractivity contribution in [3.05, 3.63) is 58.3 Å². The Balaban J connectivity index is 1.65. The predicted molar refractivity (Wildman–Crippen MR) is 88.8 cm³/mol. The second kappa shape index (κ2) is 6.55. The molecule has 0 aliphatic carbocycles. The Morgan fingerprint density at radius 3 is 2.27 bits per heavy atom. The average Bonchev–Trinajstić information content (AvgIpc) is 2.58. The first-order chi connectivity index (χ1) is 10.6. The molecule has 1 aromatic carbocycles. The molecule has 2 aromatic rings. The van der Waals surface area contributed by atoms with Gasteiger partial charge in [-0.25, -0.2) is 0 Å². The van der Waals surface area contributed by atoms with Gasteiger partial charge in [0.15, 0.2) is 0 Å². The maximum Gasteiger partial charge on any atom is 0.254 e. The number of aromatic nitrogens is 1. The van der Waals surface area contributed by atoms with Crippen molar-refractivity contribution in [1.82, 2.24) is 9.88 Å². The van der Waals surface area contributed by atoms with E-state index in [2.05, 4.69) is 9.88 Å². The van der Waals surface area contributed by atoms with E-state index in [4.69, 9.17) is 23.2 Å². The molecule has 4 nitrogen and oxygen atoms in total. The lowest BCUT2D eigenvalue weighted by Crippen LogP contribution is -2.48. The highest BCUT2D eigenvalue weighted by Gasteiger charge is 2.22. The van der Waals surface area contributed by atoms with Crippen LogP contribution < -0.4 is 4.90 Å². The van der Waals surface area contributed by atoms with E-state index in [9.17, 15) is 4.79 Å². The number of halogens is 2. The fourth-order valence-corrected chi connectivity index (χ4v) is 2.82. The summed E-state index contributed by atoms with van der Waals surface area (Å²) in [5.41, 5.74) is 1.71. The molecule has 1 saturated heterocycles. The molecular formula is C16H15Cl2N3O. The van der Waals surface area contributed by atoms with Gasteiger partial charge in [-0.3, -0.25) is 9.78 Å². The normalized spacial score (nSPS) is 15.0. The van der Waals surface area contributed by atoms with E-state index in [1.807, 2.05) is 17.0 Å². The number of pyridine rings is 1. The first-order valence-corrected chi connectivity index (χ1v) is 7.80. The Hall–Kier alpha value is -1.78. The lowest BCUT2D eigenvalue weighted by molar-refractivity contribution is 0.0746. The Morgan fingerprint density at radius 1 is 0.955 bits per heavy atom. The number of nitrogens with zero attached hydrogens (tertiary/aromatic N) is 3. The second-order valence-electron chi connectivity index (χ2n) is 5.11. The van der Waals surface area contributed by atoms with Gasteiger partial charge < -0.3 is 9.80 Å². The van der Waals surface area contributed by atoms with Gasteiger partial charge >= 0.3 is 0 Å². The summed E-state index contributed by atoms with van der Waals surface area (Å²) in [5.74, 6) is 0.0520. The van der Waals surface area contributed by atoms with Crippen LogP contribution in [-0.4, -0.2) is 42.0 Å². The third kappa shape index (κ3) is 3.18. The fourth-order valence-electron chi connectivity index (χ4n) is 2.53. The zero-order chi connectivity index (χ0) is 15.5. The molecule has 0 bridgehead atoms. The van der Waals surface area contributed by atoms with E-state index < -0.39 is 0 Å². The van der Waals surface area contributed by atoms with Crippen molar-refractivity contribution >= 4 is 34.8 Å². The van der Waals surface area contributed by atoms with Crippen molar-refractivity contribution in [3.63, 3.8) is 0 Å². The zero-order valence-electron chi connectivity index (χ0n) is 11.9. The SMILES string of the molecule is O=C(c1ccncc1)N1CCN(c2ccc(Cl)c(Cl)c2)CC1. The minimum atomic E-state index is 0.0520. The number of anilines is 1. The van der Waals surface area contributed by atoms with Crippen LogP contribution in [0.5, 0.6) is 0 Å². The van der Waals surface area contributed by atoms with E-state index >= 15 is 0 Å². The summed E-state index contributed by atoms with van der Waals surface area (Å²) < 4.78 is 0. The van der Waals surface area contributed by atoms with E-state index in [-0.39, 0.29) is 5.91 Å². The maximum absolute atomic E-state index is 12.4. The molecule has 0 unspecified atom stereocenters. The van der Waals surface area contributed by atoms with Crippen molar-refractivity contribution in [2.45, 2.75) is 0 Å². The zero-order valence-corrected chi connectivity index (χ0v) is 13.4. The summed E-state index contributed by atoms with van der Waals surface area (Å²) in [5, 5.41) is 1.10. The summed E-state index contributed by atoms with van der Waals surface area (Å²) in [6.45, 7) is 2.91. The summed E-state index contributed by atoms with van der Waals surface area (Å²) in [6.07, 6.45) is 3.28. The van der Waals surface area contributed by atoms with Crippen LogP contribution in [0.1, 0.15) is 10.4 Å². The molecule has 22 heavy (non-hydrogen) atoms. The van der Waals surface area contributed by atoms with Gasteiger partial charge in [0, 0.05) is 49.8 Å². The lowest BCUT2D eigenvalue weighted by Gasteiger charge is -2.36. The highest BCUT2D eigenvalue weighted by Crippen LogP contribution is 2.27. The Bertz CT molecular complexity index is 670. The molecule has 0 spiro atoms. The minimum Gasteiger partial charge on any atom is -0.368 e. The highest BCUT2D eigenvalue weighted by molar-refractivity contribution is 6.42. The molecule has 0 radical (unpaired) electrons. The summed E-state index contributed by atoms with van der Waals surface area (Å²) >= 11 is 12.0. The number of hydrogen-bond acceptors (Lipinski definition) is 3. The largest absolute Gasteiger partial charge is 0.368 e. The van der Waals surface area contributed by atoms with Gasteiger partial charge in [-0.05, 0) is 30.3 Å². The molecule has 2 heterocycles. The number of carbonyl (C=O) groups excluding carboxylic acids is 1. The molecule has 1 aromatic heterocycles. The maximum atomic E-state index is 12.4. The number of carbonyl (C=O) groups is 1. The van der Waals surface area contributed by atoms with Crippen LogP contribution in [-0.2, 0) is 0 Å². The monoisotopic (exact) mass is 335 g/mol. The minimum absolute atomic E-state index is 0.0520. The summed E-state index contributed by atoms with van der Waals surface area (Å²) in [4.78, 5) is 20.4. The number of amides is 1. The van der Waals surface area contributed by atoms with E-state index in [1.165, 1.54) is 0 Å². The molecule has 0 atom stereocenters. The van der Waals surface area contributed by atoms with Gasteiger partial charge in [0.25, 0.3) is 5.91 Å². The summed E-state index contributed by atoms with van der Waals surface area (Å²) in [7, 11) is 0. The first-order valence-electron chi connectivity index (χ1n) is 7.04. The van der Waals surface area contributed by atoms with Crippen molar-refractivity contribution < 1.29 is 4.79 Å². The molecule has 1 aliphatic rings. The molecule has 0 N–H and O–H groups in total. The molecule has 1 amide bonds. The van der Waals surface area contributed by atoms with Gasteiger partial charge in [-0.2, -0.15) is 0 Å². The van der Waals surface area contributed by atoms with Crippen LogP contribution in [0, 0.1) is 0 Å². The van der Waals surface area contributed by atoms with Gasteiger partial charge in [0.2, 0.25) is 0 Å². The van der Waals surface area contributed by atoms with Crippen molar-refractivity contribution in [3.8, 4) is 0 Å². The molecule has 114 valence electrons. The third-order valence-corrected chi connectivity index (χ3v) is 4.50. The van der Waals surface area contributed by atoms with Gasteiger partial charge in [-0.1, -0.05) is 23.2 Å². The average molecular weight is 336 g/mol. The second-order valence-corrected chi connectivity index (χ2v) is 5.93. The molecule has 1 fully saturated rings. The van der Waals surface area contributed by atoms with Crippen LogP contribution in [0.3, 0.4) is 0 Å². The van der Waals surface area contributed by atoms with Crippen LogP contribution >= 0.6 is 23.2 Å². The van der Waals surface area contributed by atoms with Crippen LogP contribution in [0.4, 0.5) is 5.69 Å². The smallest absolute Gasteiger partial charge is 0.254 e. The van der Waals surface area contributed by atoms with Crippen LogP contribution in [0.2, 0.25) is 10.0 Å². The van der Waals surface area contributed by atoms with E-state index in [0.29, 0.717) is 28.7 Å². The lowest BCUT2D eigenvalue weighted by atomic mass is 10.2. The Kier molecular flexibility index (Phi) is 4.50. The quantitative estimate of drug-likeness (QED) is 0.844.